The normalized spacial score (nSPS) is 9.94. The van der Waals surface area contributed by atoms with Crippen LogP contribution in [0.4, 0.5) is 5.69 Å². The van der Waals surface area contributed by atoms with E-state index in [-0.39, 0.29) is 0 Å². The summed E-state index contributed by atoms with van der Waals surface area (Å²) in [7, 11) is 0. The molecule has 1 aromatic heterocycles. The van der Waals surface area contributed by atoms with Gasteiger partial charge in [0, 0.05) is 17.1 Å². The summed E-state index contributed by atoms with van der Waals surface area (Å²) in [6.45, 7) is 2.87. The number of aryl methyl sites for hydroxylation is 1. The summed E-state index contributed by atoms with van der Waals surface area (Å²) >= 11 is 7.60. The van der Waals surface area contributed by atoms with Crippen molar-refractivity contribution in [1.29, 1.82) is 5.26 Å². The van der Waals surface area contributed by atoms with E-state index in [1.54, 1.807) is 23.5 Å². The van der Waals surface area contributed by atoms with Gasteiger partial charge in [-0.25, -0.2) is 0 Å². The molecule has 2 nitrogen and oxygen atoms in total. The largest absolute Gasteiger partial charge is 0.380 e. The van der Waals surface area contributed by atoms with Crippen molar-refractivity contribution >= 4 is 28.6 Å². The van der Waals surface area contributed by atoms with E-state index in [1.807, 2.05) is 6.07 Å². The topological polar surface area (TPSA) is 35.8 Å². The molecule has 17 heavy (non-hydrogen) atoms. The Morgan fingerprint density at radius 3 is 2.88 bits per heavy atom. The fourth-order valence-corrected chi connectivity index (χ4v) is 2.49. The summed E-state index contributed by atoms with van der Waals surface area (Å²) in [4.78, 5) is 1.30. The Morgan fingerprint density at radius 1 is 1.41 bits per heavy atom. The summed E-state index contributed by atoms with van der Waals surface area (Å²) < 4.78 is 0. The van der Waals surface area contributed by atoms with Gasteiger partial charge in [-0.15, -0.1) is 11.3 Å². The highest BCUT2D eigenvalue weighted by atomic mass is 35.5. The zero-order chi connectivity index (χ0) is 12.3. The first-order valence-electron chi connectivity index (χ1n) is 5.17. The van der Waals surface area contributed by atoms with Crippen LogP contribution in [0.15, 0.2) is 29.6 Å². The van der Waals surface area contributed by atoms with Gasteiger partial charge in [0.05, 0.1) is 10.6 Å². The van der Waals surface area contributed by atoms with Crippen molar-refractivity contribution in [3.63, 3.8) is 0 Å². The van der Waals surface area contributed by atoms with Gasteiger partial charge in [0.1, 0.15) is 6.07 Å². The standard InChI is InChI=1S/C13H11ClN2S/c1-9-4-5-17-13(9)8-16-11-2-3-12(14)10(6-11)7-15/h2-6,16H,8H2,1H3. The number of nitriles is 1. The fourth-order valence-electron chi connectivity index (χ4n) is 1.49. The van der Waals surface area contributed by atoms with Crippen LogP contribution in [0.5, 0.6) is 0 Å². The number of rotatable bonds is 3. The Hall–Kier alpha value is -1.50. The molecule has 1 heterocycles. The maximum atomic E-state index is 8.88. The third kappa shape index (κ3) is 2.79. The SMILES string of the molecule is Cc1ccsc1CNc1ccc(Cl)c(C#N)c1. The Kier molecular flexibility index (Phi) is 3.68. The molecule has 0 bridgehead atoms. The third-order valence-electron chi connectivity index (χ3n) is 2.51. The average molecular weight is 263 g/mol. The lowest BCUT2D eigenvalue weighted by molar-refractivity contribution is 1.17. The van der Waals surface area contributed by atoms with E-state index >= 15 is 0 Å². The minimum Gasteiger partial charge on any atom is -0.380 e. The monoisotopic (exact) mass is 262 g/mol. The van der Waals surface area contributed by atoms with Gasteiger partial charge in [0.15, 0.2) is 0 Å². The van der Waals surface area contributed by atoms with Crippen LogP contribution < -0.4 is 5.32 Å². The summed E-state index contributed by atoms with van der Waals surface area (Å²) in [5.41, 5.74) is 2.70. The smallest absolute Gasteiger partial charge is 0.101 e. The fraction of sp³-hybridized carbons (Fsp3) is 0.154. The van der Waals surface area contributed by atoms with Crippen molar-refractivity contribution in [1.82, 2.24) is 0 Å². The molecule has 1 aromatic carbocycles. The summed E-state index contributed by atoms with van der Waals surface area (Å²) in [5.74, 6) is 0. The third-order valence-corrected chi connectivity index (χ3v) is 3.86. The zero-order valence-corrected chi connectivity index (χ0v) is 10.9. The number of nitrogens with one attached hydrogen (secondary N) is 1. The lowest BCUT2D eigenvalue weighted by Gasteiger charge is -2.06. The first kappa shape index (κ1) is 12.0. The van der Waals surface area contributed by atoms with Crippen LogP contribution in [0, 0.1) is 18.3 Å². The molecular formula is C13H11ClN2S. The van der Waals surface area contributed by atoms with Crippen molar-refractivity contribution in [2.24, 2.45) is 0 Å². The van der Waals surface area contributed by atoms with E-state index < -0.39 is 0 Å². The number of anilines is 1. The summed E-state index contributed by atoms with van der Waals surface area (Å²) in [6, 6.07) is 9.56. The van der Waals surface area contributed by atoms with Gasteiger partial charge in [-0.1, -0.05) is 11.6 Å². The molecule has 0 unspecified atom stereocenters. The van der Waals surface area contributed by atoms with E-state index in [1.165, 1.54) is 10.4 Å². The quantitative estimate of drug-likeness (QED) is 0.900. The van der Waals surface area contributed by atoms with Crippen LogP contribution in [-0.4, -0.2) is 0 Å². The highest BCUT2D eigenvalue weighted by Crippen LogP contribution is 2.21. The first-order valence-corrected chi connectivity index (χ1v) is 6.43. The molecule has 1 N–H and O–H groups in total. The van der Waals surface area contributed by atoms with E-state index in [4.69, 9.17) is 16.9 Å². The molecule has 4 heteroatoms. The second kappa shape index (κ2) is 5.22. The van der Waals surface area contributed by atoms with Crippen molar-refractivity contribution in [2.45, 2.75) is 13.5 Å². The molecular weight excluding hydrogens is 252 g/mol. The highest BCUT2D eigenvalue weighted by Gasteiger charge is 2.02. The van der Waals surface area contributed by atoms with Crippen molar-refractivity contribution in [3.8, 4) is 6.07 Å². The lowest BCUT2D eigenvalue weighted by Crippen LogP contribution is -1.98. The number of thiophene rings is 1. The number of nitrogens with zero attached hydrogens (tertiary/aromatic N) is 1. The molecule has 0 fully saturated rings. The van der Waals surface area contributed by atoms with Crippen LogP contribution in [0.1, 0.15) is 16.0 Å². The van der Waals surface area contributed by atoms with E-state index in [9.17, 15) is 0 Å². The zero-order valence-electron chi connectivity index (χ0n) is 9.33. The predicted molar refractivity (Wildman–Crippen MR) is 72.5 cm³/mol. The van der Waals surface area contributed by atoms with Crippen molar-refractivity contribution < 1.29 is 0 Å². The Labute approximate surface area is 109 Å². The van der Waals surface area contributed by atoms with Gasteiger partial charge < -0.3 is 5.32 Å². The Morgan fingerprint density at radius 2 is 2.24 bits per heavy atom. The van der Waals surface area contributed by atoms with Gasteiger partial charge in [0.25, 0.3) is 0 Å². The van der Waals surface area contributed by atoms with Crippen LogP contribution in [0.3, 0.4) is 0 Å². The molecule has 2 aromatic rings. The van der Waals surface area contributed by atoms with Gasteiger partial charge in [-0.05, 0) is 42.1 Å². The van der Waals surface area contributed by atoms with Crippen LogP contribution in [0.2, 0.25) is 5.02 Å². The van der Waals surface area contributed by atoms with Crippen LogP contribution in [-0.2, 0) is 6.54 Å². The Bertz CT molecular complexity index is 569. The molecule has 0 saturated heterocycles. The number of hydrogen-bond acceptors (Lipinski definition) is 3. The molecule has 86 valence electrons. The second-order valence-corrected chi connectivity index (χ2v) is 5.09. The van der Waals surface area contributed by atoms with Gasteiger partial charge in [-0.3, -0.25) is 0 Å². The average Bonchev–Trinajstić information content (AvgIpc) is 2.74. The maximum Gasteiger partial charge on any atom is 0.101 e. The molecule has 0 aliphatic rings. The molecule has 0 aliphatic carbocycles. The molecule has 0 radical (unpaired) electrons. The van der Waals surface area contributed by atoms with Gasteiger partial charge >= 0.3 is 0 Å². The number of hydrogen-bond donors (Lipinski definition) is 1. The van der Waals surface area contributed by atoms with Crippen molar-refractivity contribution in [2.75, 3.05) is 5.32 Å². The van der Waals surface area contributed by atoms with E-state index in [0.717, 1.165) is 12.2 Å². The van der Waals surface area contributed by atoms with Crippen LogP contribution >= 0.6 is 22.9 Å². The van der Waals surface area contributed by atoms with E-state index in [0.29, 0.717) is 10.6 Å². The van der Waals surface area contributed by atoms with Gasteiger partial charge in [0.2, 0.25) is 0 Å². The Balaban J connectivity index is 2.10. The molecule has 0 aliphatic heterocycles. The molecule has 2 rings (SSSR count). The predicted octanol–water partition coefficient (Wildman–Crippen LogP) is 4.19. The summed E-state index contributed by atoms with van der Waals surface area (Å²) in [6.07, 6.45) is 0. The minimum absolute atomic E-state index is 0.491. The summed E-state index contributed by atoms with van der Waals surface area (Å²) in [5, 5.41) is 14.7. The highest BCUT2D eigenvalue weighted by molar-refractivity contribution is 7.10. The van der Waals surface area contributed by atoms with Crippen molar-refractivity contribution in [3.05, 3.63) is 50.7 Å². The number of halogens is 1. The molecule has 0 amide bonds. The second-order valence-electron chi connectivity index (χ2n) is 3.69. The van der Waals surface area contributed by atoms with Crippen LogP contribution in [0.25, 0.3) is 0 Å². The molecule has 0 atom stereocenters. The van der Waals surface area contributed by atoms with E-state index in [2.05, 4.69) is 29.8 Å². The number of benzene rings is 1. The maximum absolute atomic E-state index is 8.88. The van der Waals surface area contributed by atoms with Gasteiger partial charge in [-0.2, -0.15) is 5.26 Å². The lowest BCUT2D eigenvalue weighted by atomic mass is 10.2. The first-order chi connectivity index (χ1) is 8.20. The molecule has 0 spiro atoms. The molecule has 0 saturated carbocycles. The minimum atomic E-state index is 0.491.